The summed E-state index contributed by atoms with van der Waals surface area (Å²) in [5, 5.41) is 20.7. The van der Waals surface area contributed by atoms with Crippen molar-refractivity contribution in [1.29, 1.82) is 0 Å². The van der Waals surface area contributed by atoms with E-state index in [-0.39, 0.29) is 63.5 Å². The molecule has 4 aliphatic rings. The molecule has 322 valence electrons. The van der Waals surface area contributed by atoms with Crippen LogP contribution in [-0.2, 0) is 26.1 Å². The molecule has 61 heavy (non-hydrogen) atoms. The minimum Gasteiger partial charge on any atom is -0.465 e. The molecule has 0 radical (unpaired) electrons. The molecule has 5 aromatic rings. The Morgan fingerprint density at radius 2 is 1.11 bits per heavy atom. The number of carboxylic acid groups (broad SMARTS) is 2. The van der Waals surface area contributed by atoms with Crippen LogP contribution < -0.4 is 0 Å². The summed E-state index contributed by atoms with van der Waals surface area (Å²) in [4.78, 5) is 98.0. The van der Waals surface area contributed by atoms with Gasteiger partial charge in [0.1, 0.15) is 11.6 Å². The molecule has 4 fully saturated rings. The molecule has 5 aromatic heterocycles. The minimum absolute atomic E-state index is 0.0595. The number of benzene rings is 2. The Balaban J connectivity index is 1.30. The average molecular weight is 836 g/mol. The monoisotopic (exact) mass is 835 g/mol. The van der Waals surface area contributed by atoms with Crippen molar-refractivity contribution in [2.75, 3.05) is 26.2 Å². The van der Waals surface area contributed by atoms with Crippen molar-refractivity contribution in [3.8, 4) is 0 Å². The second-order valence-electron chi connectivity index (χ2n) is 19.4. The van der Waals surface area contributed by atoms with Gasteiger partial charge in [0.2, 0.25) is 11.8 Å². The summed E-state index contributed by atoms with van der Waals surface area (Å²) in [6.07, 6.45) is -0.0527. The van der Waals surface area contributed by atoms with Gasteiger partial charge in [0, 0.05) is 53.7 Å². The summed E-state index contributed by atoms with van der Waals surface area (Å²) in [6, 6.07) is 13.5. The zero-order chi connectivity index (χ0) is 43.6. The highest BCUT2D eigenvalue weighted by Crippen LogP contribution is 2.53. The van der Waals surface area contributed by atoms with Gasteiger partial charge in [-0.25, -0.2) is 14.6 Å². The third-order valence-corrected chi connectivity index (χ3v) is 14.2. The van der Waals surface area contributed by atoms with E-state index in [0.29, 0.717) is 53.4 Å². The van der Waals surface area contributed by atoms with Crippen LogP contribution in [0.15, 0.2) is 52.9 Å². The summed E-state index contributed by atoms with van der Waals surface area (Å²) >= 11 is 0. The van der Waals surface area contributed by atoms with E-state index < -0.39 is 69.3 Å². The van der Waals surface area contributed by atoms with Crippen LogP contribution in [0, 0.1) is 5.41 Å². The summed E-state index contributed by atoms with van der Waals surface area (Å²) < 4.78 is 10.2. The first-order valence-corrected chi connectivity index (χ1v) is 21.4. The third kappa shape index (κ3) is 5.45. The van der Waals surface area contributed by atoms with Crippen molar-refractivity contribution in [2.45, 2.75) is 121 Å². The fourth-order valence-electron chi connectivity index (χ4n) is 11.3. The van der Waals surface area contributed by atoms with Gasteiger partial charge in [-0.1, -0.05) is 41.5 Å². The van der Waals surface area contributed by atoms with Gasteiger partial charge in [-0.15, -0.1) is 0 Å². The topological polar surface area (TPSA) is 192 Å². The number of oxazole rings is 1. The lowest BCUT2D eigenvalue weighted by Crippen LogP contribution is -2.67. The molecular weight excluding hydrogens is 783 g/mol. The maximum atomic E-state index is 15.7. The molecule has 4 aliphatic heterocycles. The summed E-state index contributed by atoms with van der Waals surface area (Å²) in [5.74, 6) is -2.09. The van der Waals surface area contributed by atoms with Gasteiger partial charge in [-0.05, 0) is 105 Å². The Hall–Kier alpha value is -5.93. The molecule has 0 saturated carbocycles. The zero-order valence-electron chi connectivity index (χ0n) is 35.6. The Morgan fingerprint density at radius 3 is 1.62 bits per heavy atom. The van der Waals surface area contributed by atoms with E-state index in [1.54, 1.807) is 9.13 Å². The van der Waals surface area contributed by atoms with Crippen LogP contribution >= 0.6 is 0 Å². The maximum absolute atomic E-state index is 15.7. The van der Waals surface area contributed by atoms with Gasteiger partial charge in [-0.2, -0.15) is 0 Å². The first kappa shape index (κ1) is 40.5. The number of amides is 4. The van der Waals surface area contributed by atoms with E-state index >= 15 is 14.4 Å². The number of hydrogen-bond donors (Lipinski definition) is 2. The van der Waals surface area contributed by atoms with Crippen LogP contribution in [0.25, 0.3) is 22.1 Å². The van der Waals surface area contributed by atoms with E-state index in [0.717, 1.165) is 4.90 Å². The van der Waals surface area contributed by atoms with E-state index in [2.05, 4.69) is 0 Å². The Bertz CT molecular complexity index is 2500. The van der Waals surface area contributed by atoms with E-state index in [4.69, 9.17) is 9.40 Å². The zero-order valence-corrected chi connectivity index (χ0v) is 35.6. The lowest BCUT2D eigenvalue weighted by molar-refractivity contribution is -0.153. The molecule has 2 N–H and O–H groups in total. The normalized spacial score (nSPS) is 26.2. The smallest absolute Gasteiger partial charge is 0.408 e. The molecule has 4 amide bonds. The van der Waals surface area contributed by atoms with Crippen LogP contribution in [0.5, 0.6) is 0 Å². The maximum Gasteiger partial charge on any atom is 0.408 e. The van der Waals surface area contributed by atoms with Gasteiger partial charge >= 0.3 is 12.2 Å². The van der Waals surface area contributed by atoms with Crippen LogP contribution in [0.2, 0.25) is 0 Å². The third-order valence-electron chi connectivity index (χ3n) is 14.2. The first-order chi connectivity index (χ1) is 28.8. The first-order valence-electron chi connectivity index (χ1n) is 21.4. The fraction of sp³-hybridized carbons (Fsp3) is 0.533. The Kier molecular flexibility index (Phi) is 8.98. The van der Waals surface area contributed by atoms with Crippen LogP contribution in [0.4, 0.5) is 9.59 Å². The van der Waals surface area contributed by atoms with Crippen LogP contribution in [-0.4, -0.2) is 118 Å². The van der Waals surface area contributed by atoms with Crippen molar-refractivity contribution in [2.24, 2.45) is 5.41 Å². The number of nitrogens with zero attached hydrogens (tertiary/aromatic N) is 7. The molecule has 4 atom stereocenters. The number of carbonyl (C=O) groups is 6. The van der Waals surface area contributed by atoms with Gasteiger partial charge in [-0.3, -0.25) is 38.1 Å². The quantitative estimate of drug-likeness (QED) is 0.184. The SMILES string of the molecule is CC(C)(C)c1nc([C@]2(C(=O)n3c4ccc3cc4)CCCN2C(=O)[C@@]2(C(C)(C)C)CCCN2C(=O)O)oc1[C@]1(C(=O)n2c3ccc2cc3)CCCN1C(=O)[C@@H]1CCCN1C(=O)O. The Labute approximate surface area is 352 Å². The van der Waals surface area contributed by atoms with E-state index in [1.165, 1.54) is 14.7 Å². The second-order valence-corrected chi connectivity index (χ2v) is 19.4. The number of likely N-dealkylation sites (tertiary alicyclic amines) is 4. The molecule has 16 nitrogen and oxygen atoms in total. The molecule has 0 spiro atoms. The summed E-state index contributed by atoms with van der Waals surface area (Å²) in [5.41, 5.74) is -4.32. The highest BCUT2D eigenvalue weighted by Gasteiger charge is 2.66. The molecule has 0 aliphatic carbocycles. The highest BCUT2D eigenvalue weighted by molar-refractivity contribution is 6.04. The largest absolute Gasteiger partial charge is 0.465 e. The summed E-state index contributed by atoms with van der Waals surface area (Å²) in [6.45, 7) is 11.8. The molecule has 9 heterocycles. The Morgan fingerprint density at radius 1 is 0.623 bits per heavy atom. The predicted molar refractivity (Wildman–Crippen MR) is 222 cm³/mol. The van der Waals surface area contributed by atoms with Crippen molar-refractivity contribution in [1.82, 2.24) is 33.7 Å². The molecule has 9 rings (SSSR count). The standard InChI is InChI=1S/C45H53N7O9/c1-41(2,3)32-33(43(36(54)51-27-12-13-28(51)15-14-27)20-8-24-48(43)34(53)31-11-7-23-47(31)39(57)58)61-35(46-32)44(37(55)52-29-16-17-30(52)19-18-29)21-9-25-49(44)38(56)45(42(4,5)6)22-10-26-50(45)40(59)60/h12-19,31H,7-11,20-26H2,1-6H3,(H,57,58)(H,59,60)/t31-,43-,44-,45+/m0/s1. The van der Waals surface area contributed by atoms with Gasteiger partial charge < -0.3 is 24.4 Å². The minimum atomic E-state index is -1.91. The average Bonchev–Trinajstić information content (AvgIpc) is 4.06. The van der Waals surface area contributed by atoms with Crippen molar-refractivity contribution < 1.29 is 43.4 Å². The van der Waals surface area contributed by atoms with Gasteiger partial charge in [0.15, 0.2) is 16.8 Å². The van der Waals surface area contributed by atoms with Crippen LogP contribution in [0.3, 0.4) is 0 Å². The molecule has 16 heteroatoms. The van der Waals surface area contributed by atoms with E-state index in [1.807, 2.05) is 90.1 Å². The molecule has 0 aromatic carbocycles. The lowest BCUT2D eigenvalue weighted by Gasteiger charge is -2.49. The number of carbonyl (C=O) groups excluding carboxylic acids is 4. The van der Waals surface area contributed by atoms with Crippen molar-refractivity contribution in [3.63, 3.8) is 0 Å². The van der Waals surface area contributed by atoms with Gasteiger partial charge in [0.25, 0.3) is 17.7 Å². The van der Waals surface area contributed by atoms with Crippen LogP contribution in [0.1, 0.15) is 120 Å². The molecule has 4 bridgehead atoms. The number of fused-ring (bicyclic) bond motifs is 4. The second kappa shape index (κ2) is 13.5. The number of aromatic nitrogens is 3. The lowest BCUT2D eigenvalue weighted by atomic mass is 9.70. The molecular formula is C45H53N7O9. The number of hydrogen-bond acceptors (Lipinski definition) is 8. The highest BCUT2D eigenvalue weighted by atomic mass is 16.4. The molecule has 0 unspecified atom stereocenters. The van der Waals surface area contributed by atoms with Crippen molar-refractivity contribution >= 4 is 57.9 Å². The summed E-state index contributed by atoms with van der Waals surface area (Å²) in [7, 11) is 0. The van der Waals surface area contributed by atoms with Gasteiger partial charge in [0.05, 0.1) is 5.69 Å². The molecule has 4 saturated heterocycles. The van der Waals surface area contributed by atoms with Crippen molar-refractivity contribution in [3.05, 3.63) is 65.9 Å². The fourth-order valence-corrected chi connectivity index (χ4v) is 11.3. The predicted octanol–water partition coefficient (Wildman–Crippen LogP) is 6.77. The van der Waals surface area contributed by atoms with E-state index in [9.17, 15) is 24.6 Å². The number of rotatable bonds is 6.